The highest BCUT2D eigenvalue weighted by Gasteiger charge is 2.38. The average molecular weight is 502 g/mol. The second kappa shape index (κ2) is 10.3. The largest absolute Gasteiger partial charge is 0.494 e. The molecule has 1 aliphatic heterocycles. The van der Waals surface area contributed by atoms with E-state index in [1.54, 1.807) is 25.1 Å². The summed E-state index contributed by atoms with van der Waals surface area (Å²) in [6.07, 6.45) is 1.53. The summed E-state index contributed by atoms with van der Waals surface area (Å²) in [7, 11) is 0. The topological polar surface area (TPSA) is 89.9 Å². The minimum absolute atomic E-state index is 0.149. The van der Waals surface area contributed by atoms with Crippen LogP contribution in [-0.4, -0.2) is 35.6 Å². The Morgan fingerprint density at radius 2 is 1.59 bits per heavy atom. The van der Waals surface area contributed by atoms with Gasteiger partial charge < -0.3 is 14.0 Å². The predicted molar refractivity (Wildman–Crippen MR) is 142 cm³/mol. The smallest absolute Gasteiger partial charge is 0.336 e. The molecule has 0 bridgehead atoms. The third-order valence-corrected chi connectivity index (χ3v) is 6.40. The standard InChI is InChI=1S/C29H31N3O5/c1-7-36-23-11-12-26(37-8-2)25(16-23)32-28(34)24(27(33)30-29(32)35)15-21-14-19(5)31(20(21)6)22-10-9-17(3)18(4)13-22/h9-16H,7-8H2,1-6H3,(H,30,33,35)/b24-15+. The van der Waals surface area contributed by atoms with Gasteiger partial charge in [-0.05, 0) is 94.6 Å². The molecule has 0 unspecified atom stereocenters. The second-order valence-electron chi connectivity index (χ2n) is 8.88. The van der Waals surface area contributed by atoms with Gasteiger partial charge in [-0.15, -0.1) is 0 Å². The fraction of sp³-hybridized carbons (Fsp3) is 0.276. The van der Waals surface area contributed by atoms with Crippen molar-refractivity contribution in [1.29, 1.82) is 0 Å². The molecule has 1 saturated heterocycles. The summed E-state index contributed by atoms with van der Waals surface area (Å²) in [6.45, 7) is 12.4. The maximum Gasteiger partial charge on any atom is 0.336 e. The average Bonchev–Trinajstić information content (AvgIpc) is 3.13. The molecule has 4 rings (SSSR count). The molecule has 1 aromatic heterocycles. The first-order valence-electron chi connectivity index (χ1n) is 12.2. The summed E-state index contributed by atoms with van der Waals surface area (Å²) < 4.78 is 13.3. The van der Waals surface area contributed by atoms with Crippen LogP contribution in [0, 0.1) is 27.7 Å². The number of aromatic nitrogens is 1. The third-order valence-electron chi connectivity index (χ3n) is 6.40. The quantitative estimate of drug-likeness (QED) is 0.356. The van der Waals surface area contributed by atoms with Crippen molar-refractivity contribution in [3.8, 4) is 17.2 Å². The number of aryl methyl sites for hydroxylation is 3. The summed E-state index contributed by atoms with van der Waals surface area (Å²) in [5.74, 6) is -0.683. The lowest BCUT2D eigenvalue weighted by Gasteiger charge is -2.28. The highest BCUT2D eigenvalue weighted by atomic mass is 16.5. The molecular weight excluding hydrogens is 470 g/mol. The molecule has 2 aromatic carbocycles. The van der Waals surface area contributed by atoms with E-state index in [0.717, 1.165) is 22.0 Å². The van der Waals surface area contributed by atoms with Crippen LogP contribution in [0.15, 0.2) is 48.0 Å². The van der Waals surface area contributed by atoms with E-state index in [1.807, 2.05) is 32.9 Å². The normalized spacial score (nSPS) is 14.8. The number of hydrogen-bond donors (Lipinski definition) is 1. The summed E-state index contributed by atoms with van der Waals surface area (Å²) in [5.41, 5.74) is 5.93. The molecule has 0 radical (unpaired) electrons. The zero-order chi connectivity index (χ0) is 26.9. The first-order valence-corrected chi connectivity index (χ1v) is 12.2. The number of nitrogens with zero attached hydrogens (tertiary/aromatic N) is 2. The lowest BCUT2D eigenvalue weighted by atomic mass is 10.1. The van der Waals surface area contributed by atoms with Gasteiger partial charge in [-0.25, -0.2) is 9.69 Å². The molecule has 4 amide bonds. The maximum absolute atomic E-state index is 13.6. The van der Waals surface area contributed by atoms with Gasteiger partial charge in [0.1, 0.15) is 17.1 Å². The minimum Gasteiger partial charge on any atom is -0.494 e. The van der Waals surface area contributed by atoms with Crippen molar-refractivity contribution in [2.45, 2.75) is 41.5 Å². The number of urea groups is 1. The number of imide groups is 2. The number of carbonyl (C=O) groups excluding carboxylic acids is 3. The third kappa shape index (κ3) is 4.87. The monoisotopic (exact) mass is 501 g/mol. The van der Waals surface area contributed by atoms with Crippen molar-refractivity contribution in [1.82, 2.24) is 9.88 Å². The summed E-state index contributed by atoms with van der Waals surface area (Å²) >= 11 is 0. The Labute approximate surface area is 216 Å². The molecule has 37 heavy (non-hydrogen) atoms. The van der Waals surface area contributed by atoms with Gasteiger partial charge in [0.25, 0.3) is 11.8 Å². The van der Waals surface area contributed by atoms with E-state index in [0.29, 0.717) is 30.3 Å². The number of nitrogens with one attached hydrogen (secondary N) is 1. The van der Waals surface area contributed by atoms with Crippen LogP contribution >= 0.6 is 0 Å². The van der Waals surface area contributed by atoms with E-state index >= 15 is 0 Å². The van der Waals surface area contributed by atoms with Gasteiger partial charge in [-0.2, -0.15) is 0 Å². The van der Waals surface area contributed by atoms with E-state index in [2.05, 4.69) is 35.9 Å². The Balaban J connectivity index is 1.78. The van der Waals surface area contributed by atoms with Crippen LogP contribution in [0.4, 0.5) is 10.5 Å². The lowest BCUT2D eigenvalue weighted by molar-refractivity contribution is -0.122. The molecule has 3 aromatic rings. The molecule has 1 N–H and O–H groups in total. The van der Waals surface area contributed by atoms with Crippen LogP contribution in [0.3, 0.4) is 0 Å². The molecule has 1 aliphatic rings. The maximum atomic E-state index is 13.6. The summed E-state index contributed by atoms with van der Waals surface area (Å²) in [5, 5.41) is 2.29. The molecule has 0 saturated carbocycles. The molecule has 192 valence electrons. The van der Waals surface area contributed by atoms with Crippen LogP contribution in [0.25, 0.3) is 11.8 Å². The van der Waals surface area contributed by atoms with E-state index in [9.17, 15) is 14.4 Å². The van der Waals surface area contributed by atoms with Crippen LogP contribution in [0.5, 0.6) is 11.5 Å². The first-order chi connectivity index (χ1) is 17.7. The van der Waals surface area contributed by atoms with Crippen molar-refractivity contribution in [2.75, 3.05) is 18.1 Å². The second-order valence-corrected chi connectivity index (χ2v) is 8.88. The van der Waals surface area contributed by atoms with Crippen LogP contribution in [-0.2, 0) is 9.59 Å². The summed E-state index contributed by atoms with van der Waals surface area (Å²) in [4.78, 5) is 40.2. The highest BCUT2D eigenvalue weighted by molar-refractivity contribution is 6.39. The molecule has 0 aliphatic carbocycles. The Kier molecular flexibility index (Phi) is 7.20. The lowest BCUT2D eigenvalue weighted by Crippen LogP contribution is -2.54. The molecular formula is C29H31N3O5. The van der Waals surface area contributed by atoms with Gasteiger partial charge in [-0.1, -0.05) is 6.07 Å². The van der Waals surface area contributed by atoms with E-state index in [1.165, 1.54) is 17.2 Å². The summed E-state index contributed by atoms with van der Waals surface area (Å²) in [6, 6.07) is 12.2. The number of rotatable bonds is 7. The zero-order valence-corrected chi connectivity index (χ0v) is 22.0. The van der Waals surface area contributed by atoms with Crippen molar-refractivity contribution < 1.29 is 23.9 Å². The number of anilines is 1. The van der Waals surface area contributed by atoms with Gasteiger partial charge in [0.05, 0.1) is 18.9 Å². The van der Waals surface area contributed by atoms with Crippen molar-refractivity contribution >= 4 is 29.6 Å². The van der Waals surface area contributed by atoms with Crippen LogP contribution < -0.4 is 19.7 Å². The number of barbiturate groups is 1. The number of hydrogen-bond acceptors (Lipinski definition) is 5. The van der Waals surface area contributed by atoms with Gasteiger partial charge in [-0.3, -0.25) is 14.9 Å². The van der Waals surface area contributed by atoms with Gasteiger partial charge in [0, 0.05) is 23.1 Å². The highest BCUT2D eigenvalue weighted by Crippen LogP contribution is 2.35. The molecule has 8 nitrogen and oxygen atoms in total. The Hall–Kier alpha value is -4.33. The van der Waals surface area contributed by atoms with Crippen LogP contribution in [0.2, 0.25) is 0 Å². The van der Waals surface area contributed by atoms with Gasteiger partial charge >= 0.3 is 6.03 Å². The molecule has 1 fully saturated rings. The SMILES string of the molecule is CCOc1ccc(OCC)c(N2C(=O)NC(=O)/C(=C\c3cc(C)n(-c4ccc(C)c(C)c4)c3C)C2=O)c1. The molecule has 0 spiro atoms. The number of ether oxygens (including phenoxy) is 2. The minimum atomic E-state index is -0.845. The fourth-order valence-corrected chi connectivity index (χ4v) is 4.43. The fourth-order valence-electron chi connectivity index (χ4n) is 4.43. The molecule has 8 heteroatoms. The van der Waals surface area contributed by atoms with Crippen LogP contribution in [0.1, 0.15) is 41.9 Å². The number of carbonyl (C=O) groups is 3. The molecule has 0 atom stereocenters. The zero-order valence-electron chi connectivity index (χ0n) is 22.0. The van der Waals surface area contributed by atoms with Crippen molar-refractivity contribution in [3.05, 3.63) is 76.1 Å². The van der Waals surface area contributed by atoms with Crippen molar-refractivity contribution in [2.24, 2.45) is 0 Å². The number of amides is 4. The first kappa shape index (κ1) is 25.8. The predicted octanol–water partition coefficient (Wildman–Crippen LogP) is 5.17. The van der Waals surface area contributed by atoms with E-state index < -0.39 is 17.8 Å². The van der Waals surface area contributed by atoms with Gasteiger partial charge in [0.15, 0.2) is 0 Å². The Morgan fingerprint density at radius 3 is 2.27 bits per heavy atom. The van der Waals surface area contributed by atoms with Crippen molar-refractivity contribution in [3.63, 3.8) is 0 Å². The van der Waals surface area contributed by atoms with E-state index in [4.69, 9.17) is 9.47 Å². The number of benzene rings is 2. The Morgan fingerprint density at radius 1 is 0.865 bits per heavy atom. The van der Waals surface area contributed by atoms with E-state index in [-0.39, 0.29) is 11.3 Å². The Bertz CT molecular complexity index is 1430. The van der Waals surface area contributed by atoms with Gasteiger partial charge in [0.2, 0.25) is 0 Å². The molecule has 2 heterocycles.